The van der Waals surface area contributed by atoms with Crippen LogP contribution in [0, 0.1) is 11.8 Å². The van der Waals surface area contributed by atoms with Gasteiger partial charge in [-0.2, -0.15) is 4.98 Å². The zero-order valence-corrected chi connectivity index (χ0v) is 12.6. The van der Waals surface area contributed by atoms with Crippen molar-refractivity contribution >= 4 is 5.69 Å². The van der Waals surface area contributed by atoms with Crippen LogP contribution in [0.25, 0.3) is 0 Å². The highest BCUT2D eigenvalue weighted by molar-refractivity contribution is 5.49. The molecule has 1 aliphatic carbocycles. The third kappa shape index (κ3) is 4.58. The summed E-state index contributed by atoms with van der Waals surface area (Å²) in [5.74, 6) is 2.22. The molecule has 0 saturated heterocycles. The molecule has 112 valence electrons. The second-order valence-corrected chi connectivity index (χ2v) is 6.06. The highest BCUT2D eigenvalue weighted by Crippen LogP contribution is 2.26. The van der Waals surface area contributed by atoms with E-state index in [0.29, 0.717) is 35.9 Å². The number of pyridine rings is 1. The lowest BCUT2D eigenvalue weighted by Gasteiger charge is -2.21. The molecular weight excluding hydrogens is 252 g/mol. The van der Waals surface area contributed by atoms with Crippen LogP contribution in [0.2, 0.25) is 0 Å². The summed E-state index contributed by atoms with van der Waals surface area (Å²) >= 11 is 0. The molecule has 20 heavy (non-hydrogen) atoms. The standard InChI is InChI=1S/C16H26N2O2/c1-12(2)10-20-16-14(17)8-9-15(18-16)19-11-13-6-4-3-5-7-13/h8-9,12-13H,3-7,10-11,17H2,1-2H3. The Morgan fingerprint density at radius 2 is 1.95 bits per heavy atom. The molecule has 1 aromatic rings. The summed E-state index contributed by atoms with van der Waals surface area (Å²) in [6.07, 6.45) is 6.55. The number of nitrogens with two attached hydrogens (primary N) is 1. The Bertz CT molecular complexity index is 415. The number of nitrogen functional groups attached to an aromatic ring is 1. The molecule has 2 N–H and O–H groups in total. The molecule has 2 rings (SSSR count). The van der Waals surface area contributed by atoms with E-state index in [-0.39, 0.29) is 0 Å². The Hall–Kier alpha value is -1.45. The topological polar surface area (TPSA) is 57.4 Å². The largest absolute Gasteiger partial charge is 0.477 e. The number of nitrogens with zero attached hydrogens (tertiary/aromatic N) is 1. The molecule has 1 heterocycles. The normalized spacial score (nSPS) is 16.4. The van der Waals surface area contributed by atoms with E-state index < -0.39 is 0 Å². The maximum atomic E-state index is 5.87. The third-order valence-corrected chi connectivity index (χ3v) is 3.61. The molecule has 0 unspecified atom stereocenters. The highest BCUT2D eigenvalue weighted by atomic mass is 16.5. The van der Waals surface area contributed by atoms with Crippen LogP contribution in [0.1, 0.15) is 46.0 Å². The highest BCUT2D eigenvalue weighted by Gasteiger charge is 2.14. The van der Waals surface area contributed by atoms with Gasteiger partial charge in [-0.1, -0.05) is 33.1 Å². The molecule has 0 aliphatic heterocycles. The number of anilines is 1. The summed E-state index contributed by atoms with van der Waals surface area (Å²) in [6.45, 7) is 5.56. The fraction of sp³-hybridized carbons (Fsp3) is 0.688. The summed E-state index contributed by atoms with van der Waals surface area (Å²) < 4.78 is 11.4. The predicted molar refractivity (Wildman–Crippen MR) is 81.1 cm³/mol. The second kappa shape index (κ2) is 7.36. The van der Waals surface area contributed by atoms with Crippen LogP contribution in [-0.2, 0) is 0 Å². The van der Waals surface area contributed by atoms with Crippen LogP contribution in [0.5, 0.6) is 11.8 Å². The first-order valence-electron chi connectivity index (χ1n) is 7.67. The van der Waals surface area contributed by atoms with Crippen molar-refractivity contribution in [3.63, 3.8) is 0 Å². The number of hydrogen-bond donors (Lipinski definition) is 1. The Morgan fingerprint density at radius 3 is 2.65 bits per heavy atom. The second-order valence-electron chi connectivity index (χ2n) is 6.06. The Morgan fingerprint density at radius 1 is 1.20 bits per heavy atom. The van der Waals surface area contributed by atoms with Gasteiger partial charge >= 0.3 is 0 Å². The van der Waals surface area contributed by atoms with Crippen LogP contribution < -0.4 is 15.2 Å². The number of rotatable bonds is 6. The van der Waals surface area contributed by atoms with E-state index in [9.17, 15) is 0 Å². The number of aromatic nitrogens is 1. The smallest absolute Gasteiger partial charge is 0.240 e. The van der Waals surface area contributed by atoms with Crippen LogP contribution in [0.3, 0.4) is 0 Å². The van der Waals surface area contributed by atoms with Crippen LogP contribution >= 0.6 is 0 Å². The van der Waals surface area contributed by atoms with Gasteiger partial charge < -0.3 is 15.2 Å². The number of hydrogen-bond acceptors (Lipinski definition) is 4. The van der Waals surface area contributed by atoms with E-state index in [2.05, 4.69) is 18.8 Å². The maximum absolute atomic E-state index is 5.87. The summed E-state index contributed by atoms with van der Waals surface area (Å²) in [4.78, 5) is 4.36. The van der Waals surface area contributed by atoms with E-state index in [1.165, 1.54) is 32.1 Å². The van der Waals surface area contributed by atoms with Gasteiger partial charge in [-0.25, -0.2) is 0 Å². The third-order valence-electron chi connectivity index (χ3n) is 3.61. The molecule has 0 bridgehead atoms. The molecule has 1 aliphatic rings. The summed E-state index contributed by atoms with van der Waals surface area (Å²) in [5, 5.41) is 0. The van der Waals surface area contributed by atoms with E-state index in [1.807, 2.05) is 6.07 Å². The molecule has 4 heteroatoms. The van der Waals surface area contributed by atoms with Gasteiger partial charge in [0.1, 0.15) is 0 Å². The van der Waals surface area contributed by atoms with Gasteiger partial charge in [0.2, 0.25) is 11.8 Å². The fourth-order valence-corrected chi connectivity index (χ4v) is 2.43. The summed E-state index contributed by atoms with van der Waals surface area (Å²) in [6, 6.07) is 3.62. The first-order valence-corrected chi connectivity index (χ1v) is 7.67. The Labute approximate surface area is 121 Å². The minimum absolute atomic E-state index is 0.447. The Balaban J connectivity index is 1.89. The van der Waals surface area contributed by atoms with E-state index >= 15 is 0 Å². The minimum atomic E-state index is 0.447. The Kier molecular flexibility index (Phi) is 5.50. The van der Waals surface area contributed by atoms with Gasteiger partial charge in [-0.3, -0.25) is 0 Å². The van der Waals surface area contributed by atoms with Crippen molar-refractivity contribution in [2.24, 2.45) is 11.8 Å². The van der Waals surface area contributed by atoms with Crippen LogP contribution in [0.15, 0.2) is 12.1 Å². The van der Waals surface area contributed by atoms with Crippen LogP contribution in [0.4, 0.5) is 5.69 Å². The maximum Gasteiger partial charge on any atom is 0.240 e. The van der Waals surface area contributed by atoms with Crippen molar-refractivity contribution < 1.29 is 9.47 Å². The van der Waals surface area contributed by atoms with Gasteiger partial charge in [-0.05, 0) is 30.7 Å². The van der Waals surface area contributed by atoms with Crippen molar-refractivity contribution in [1.29, 1.82) is 0 Å². The molecule has 0 radical (unpaired) electrons. The predicted octanol–water partition coefficient (Wildman–Crippen LogP) is 3.66. The van der Waals surface area contributed by atoms with E-state index in [1.54, 1.807) is 6.07 Å². The lowest BCUT2D eigenvalue weighted by molar-refractivity contribution is 0.198. The average Bonchev–Trinajstić information content (AvgIpc) is 2.46. The van der Waals surface area contributed by atoms with Gasteiger partial charge in [0.15, 0.2) is 0 Å². The molecule has 0 atom stereocenters. The zero-order chi connectivity index (χ0) is 14.4. The van der Waals surface area contributed by atoms with Crippen molar-refractivity contribution in [2.45, 2.75) is 46.0 Å². The van der Waals surface area contributed by atoms with Gasteiger partial charge in [0.05, 0.1) is 18.9 Å². The summed E-state index contributed by atoms with van der Waals surface area (Å²) in [7, 11) is 0. The first kappa shape index (κ1) is 14.9. The SMILES string of the molecule is CC(C)COc1nc(OCC2CCCCC2)ccc1N. The van der Waals surface area contributed by atoms with Gasteiger partial charge in [0, 0.05) is 6.07 Å². The first-order chi connectivity index (χ1) is 9.65. The van der Waals surface area contributed by atoms with E-state index in [0.717, 1.165) is 6.61 Å². The monoisotopic (exact) mass is 278 g/mol. The van der Waals surface area contributed by atoms with E-state index in [4.69, 9.17) is 15.2 Å². The lowest BCUT2D eigenvalue weighted by Crippen LogP contribution is -2.16. The molecule has 0 amide bonds. The van der Waals surface area contributed by atoms with Crippen molar-refractivity contribution in [2.75, 3.05) is 18.9 Å². The molecule has 0 aromatic carbocycles. The number of ether oxygens (including phenoxy) is 2. The molecule has 0 spiro atoms. The molecule has 1 aromatic heterocycles. The van der Waals surface area contributed by atoms with Crippen molar-refractivity contribution in [1.82, 2.24) is 4.98 Å². The molecule has 1 fully saturated rings. The van der Waals surface area contributed by atoms with Gasteiger partial charge in [-0.15, -0.1) is 0 Å². The zero-order valence-electron chi connectivity index (χ0n) is 12.6. The van der Waals surface area contributed by atoms with Crippen LogP contribution in [-0.4, -0.2) is 18.2 Å². The quantitative estimate of drug-likeness (QED) is 0.862. The molecular formula is C16H26N2O2. The average molecular weight is 278 g/mol. The summed E-state index contributed by atoms with van der Waals surface area (Å²) in [5.41, 5.74) is 6.44. The molecule has 1 saturated carbocycles. The van der Waals surface area contributed by atoms with Crippen molar-refractivity contribution in [3.8, 4) is 11.8 Å². The fourth-order valence-electron chi connectivity index (χ4n) is 2.43. The van der Waals surface area contributed by atoms with Crippen molar-refractivity contribution in [3.05, 3.63) is 12.1 Å². The minimum Gasteiger partial charge on any atom is -0.477 e. The van der Waals surface area contributed by atoms with Gasteiger partial charge in [0.25, 0.3) is 0 Å². The molecule has 4 nitrogen and oxygen atoms in total. The lowest BCUT2D eigenvalue weighted by atomic mass is 9.90.